The summed E-state index contributed by atoms with van der Waals surface area (Å²) in [6.45, 7) is 0. The van der Waals surface area contributed by atoms with E-state index in [1.54, 1.807) is 0 Å². The van der Waals surface area contributed by atoms with Gasteiger partial charge in [0.1, 0.15) is 0 Å². The van der Waals surface area contributed by atoms with Crippen LogP contribution in [0.2, 0.25) is 0 Å². The Balaban J connectivity index is 1.99. The van der Waals surface area contributed by atoms with E-state index in [4.69, 9.17) is 10.3 Å². The van der Waals surface area contributed by atoms with Crippen molar-refractivity contribution in [2.75, 3.05) is 5.73 Å². The van der Waals surface area contributed by atoms with Gasteiger partial charge in [-0.05, 0) is 34.6 Å². The van der Waals surface area contributed by atoms with E-state index < -0.39 is 0 Å². The van der Waals surface area contributed by atoms with Crippen molar-refractivity contribution in [3.05, 3.63) is 28.7 Å². The second-order valence-electron chi connectivity index (χ2n) is 3.43. The number of benzene rings is 1. The highest BCUT2D eigenvalue weighted by Gasteiger charge is 2.17. The molecule has 0 unspecified atom stereocenters. The Morgan fingerprint density at radius 3 is 2.50 bits per heavy atom. The number of hydrogen-bond acceptors (Lipinski definition) is 7. The van der Waals surface area contributed by atoms with Gasteiger partial charge in [0.2, 0.25) is 5.82 Å². The molecule has 0 atom stereocenters. The molecule has 0 amide bonds. The first-order valence-corrected chi connectivity index (χ1v) is 5.71. The third-order valence-corrected chi connectivity index (χ3v) is 2.77. The summed E-state index contributed by atoms with van der Waals surface area (Å²) in [5, 5.41) is 10.8. The highest BCUT2D eigenvalue weighted by Crippen LogP contribution is 2.24. The van der Waals surface area contributed by atoms with Gasteiger partial charge in [0, 0.05) is 10.0 Å². The zero-order valence-corrected chi connectivity index (χ0v) is 10.5. The first-order chi connectivity index (χ1) is 8.74. The average molecular weight is 308 g/mol. The van der Waals surface area contributed by atoms with Crippen molar-refractivity contribution >= 4 is 21.7 Å². The van der Waals surface area contributed by atoms with Crippen LogP contribution in [0.5, 0.6) is 0 Å². The Bertz CT molecular complexity index is 676. The summed E-state index contributed by atoms with van der Waals surface area (Å²) in [5.74, 6) is 0.740. The van der Waals surface area contributed by atoms with Gasteiger partial charge < -0.3 is 10.3 Å². The van der Waals surface area contributed by atoms with E-state index in [9.17, 15) is 0 Å². The number of nitrogens with two attached hydrogens (primary N) is 1. The summed E-state index contributed by atoms with van der Waals surface area (Å²) in [6, 6.07) is 7.47. The number of hydrogen-bond donors (Lipinski definition) is 1. The molecule has 7 nitrogen and oxygen atoms in total. The molecule has 8 heteroatoms. The van der Waals surface area contributed by atoms with Gasteiger partial charge in [-0.1, -0.05) is 21.1 Å². The minimum absolute atomic E-state index is 0.123. The third kappa shape index (κ3) is 1.86. The van der Waals surface area contributed by atoms with E-state index in [1.807, 2.05) is 24.3 Å². The van der Waals surface area contributed by atoms with Crippen molar-refractivity contribution in [2.24, 2.45) is 0 Å². The molecule has 1 aromatic carbocycles. The lowest BCUT2D eigenvalue weighted by atomic mass is 10.2. The number of nitrogen functional groups attached to an aromatic ring is 1. The summed E-state index contributed by atoms with van der Waals surface area (Å²) in [4.78, 5) is 4.18. The van der Waals surface area contributed by atoms with Crippen molar-refractivity contribution in [3.8, 4) is 23.0 Å². The molecule has 0 fully saturated rings. The molecule has 0 bridgehead atoms. The molecule has 0 aliphatic carbocycles. The predicted octanol–water partition coefficient (Wildman–Crippen LogP) is 2.13. The van der Waals surface area contributed by atoms with Crippen molar-refractivity contribution in [2.45, 2.75) is 0 Å². The van der Waals surface area contributed by atoms with Gasteiger partial charge in [0.05, 0.1) is 0 Å². The summed E-state index contributed by atoms with van der Waals surface area (Å²) >= 11 is 3.35. The van der Waals surface area contributed by atoms with E-state index in [-0.39, 0.29) is 17.3 Å². The smallest absolute Gasteiger partial charge is 0.258 e. The Morgan fingerprint density at radius 1 is 1.06 bits per heavy atom. The molecule has 0 aliphatic rings. The Morgan fingerprint density at radius 2 is 1.83 bits per heavy atom. The van der Waals surface area contributed by atoms with Crippen LogP contribution in [0.25, 0.3) is 23.0 Å². The third-order valence-electron chi connectivity index (χ3n) is 2.24. The number of aromatic nitrogens is 4. The maximum Gasteiger partial charge on any atom is 0.258 e. The van der Waals surface area contributed by atoms with Crippen LogP contribution >= 0.6 is 15.9 Å². The number of nitrogens with zero attached hydrogens (tertiary/aromatic N) is 4. The van der Waals surface area contributed by atoms with E-state index in [1.165, 1.54) is 0 Å². The number of anilines is 1. The fourth-order valence-corrected chi connectivity index (χ4v) is 1.64. The van der Waals surface area contributed by atoms with Gasteiger partial charge in [0.25, 0.3) is 5.89 Å². The first kappa shape index (κ1) is 10.9. The van der Waals surface area contributed by atoms with E-state index in [2.05, 4.69) is 41.0 Å². The monoisotopic (exact) mass is 307 g/mol. The van der Waals surface area contributed by atoms with Crippen molar-refractivity contribution in [1.82, 2.24) is 20.5 Å². The van der Waals surface area contributed by atoms with Gasteiger partial charge >= 0.3 is 0 Å². The fraction of sp³-hybridized carbons (Fsp3) is 0. The zero-order chi connectivity index (χ0) is 12.5. The Kier molecular flexibility index (Phi) is 2.56. The zero-order valence-electron chi connectivity index (χ0n) is 8.87. The molecule has 0 saturated heterocycles. The summed E-state index contributed by atoms with van der Waals surface area (Å²) in [5.41, 5.74) is 6.61. The highest BCUT2D eigenvalue weighted by molar-refractivity contribution is 9.10. The molecule has 90 valence electrons. The maximum absolute atomic E-state index is 5.55. The van der Waals surface area contributed by atoms with E-state index in [0.717, 1.165) is 10.0 Å². The minimum Gasteiger partial charge on any atom is -0.379 e. The van der Waals surface area contributed by atoms with E-state index >= 15 is 0 Å². The van der Waals surface area contributed by atoms with Crippen LogP contribution in [0.1, 0.15) is 0 Å². The number of halogens is 1. The molecule has 3 rings (SSSR count). The molecule has 0 saturated carbocycles. The highest BCUT2D eigenvalue weighted by atomic mass is 79.9. The van der Waals surface area contributed by atoms with Crippen LogP contribution in [0.15, 0.2) is 37.9 Å². The molecular weight excluding hydrogens is 302 g/mol. The molecule has 2 heterocycles. The number of rotatable bonds is 2. The lowest BCUT2D eigenvalue weighted by Crippen LogP contribution is -1.89. The van der Waals surface area contributed by atoms with Crippen LogP contribution < -0.4 is 5.73 Å². The van der Waals surface area contributed by atoms with Gasteiger partial charge in [-0.3, -0.25) is 0 Å². The van der Waals surface area contributed by atoms with Crippen molar-refractivity contribution in [3.63, 3.8) is 0 Å². The predicted molar refractivity (Wildman–Crippen MR) is 65.1 cm³/mol. The molecule has 0 aliphatic heterocycles. The average Bonchev–Trinajstić information content (AvgIpc) is 2.98. The standard InChI is InChI=1S/C10H6BrN5O2/c11-6-3-1-5(2-4-6)10-13-9(16-17-10)7-8(12)15-18-14-7/h1-4H,(H2,12,15). The van der Waals surface area contributed by atoms with Crippen LogP contribution in [-0.4, -0.2) is 20.5 Å². The van der Waals surface area contributed by atoms with Crippen LogP contribution in [0, 0.1) is 0 Å². The van der Waals surface area contributed by atoms with E-state index in [0.29, 0.717) is 5.89 Å². The summed E-state index contributed by atoms with van der Waals surface area (Å²) in [7, 11) is 0. The van der Waals surface area contributed by atoms with Gasteiger partial charge in [-0.25, -0.2) is 4.63 Å². The molecule has 0 radical (unpaired) electrons. The molecule has 2 aromatic heterocycles. The first-order valence-electron chi connectivity index (χ1n) is 4.92. The quantitative estimate of drug-likeness (QED) is 0.773. The molecule has 18 heavy (non-hydrogen) atoms. The summed E-state index contributed by atoms with van der Waals surface area (Å²) < 4.78 is 10.6. The van der Waals surface area contributed by atoms with Gasteiger partial charge in [0.15, 0.2) is 11.5 Å². The van der Waals surface area contributed by atoms with Gasteiger partial charge in [-0.15, -0.1) is 0 Å². The topological polar surface area (TPSA) is 104 Å². The van der Waals surface area contributed by atoms with Crippen LogP contribution in [-0.2, 0) is 0 Å². The van der Waals surface area contributed by atoms with Gasteiger partial charge in [-0.2, -0.15) is 4.98 Å². The second-order valence-corrected chi connectivity index (χ2v) is 4.34. The lowest BCUT2D eigenvalue weighted by Gasteiger charge is -1.93. The SMILES string of the molecule is Nc1nonc1-c1noc(-c2ccc(Br)cc2)n1. The second kappa shape index (κ2) is 4.22. The molecular formula is C10H6BrN5O2. The lowest BCUT2D eigenvalue weighted by molar-refractivity contribution is 0.310. The Hall–Kier alpha value is -2.22. The molecule has 0 spiro atoms. The van der Waals surface area contributed by atoms with Crippen LogP contribution in [0.3, 0.4) is 0 Å². The minimum atomic E-state index is 0.123. The Labute approximate surface area is 109 Å². The largest absolute Gasteiger partial charge is 0.379 e. The fourth-order valence-electron chi connectivity index (χ4n) is 1.38. The molecule has 3 aromatic rings. The van der Waals surface area contributed by atoms with Crippen molar-refractivity contribution in [1.29, 1.82) is 0 Å². The van der Waals surface area contributed by atoms with Crippen molar-refractivity contribution < 1.29 is 9.15 Å². The molecule has 2 N–H and O–H groups in total. The maximum atomic E-state index is 5.55. The normalized spacial score (nSPS) is 10.7. The summed E-state index contributed by atoms with van der Waals surface area (Å²) in [6.07, 6.45) is 0. The van der Waals surface area contributed by atoms with Crippen LogP contribution in [0.4, 0.5) is 5.82 Å².